The number of carbonyl (C=O) groups excluding carboxylic acids is 1. The van der Waals surface area contributed by atoms with Crippen molar-refractivity contribution < 1.29 is 9.53 Å². The first kappa shape index (κ1) is 14.4. The summed E-state index contributed by atoms with van der Waals surface area (Å²) in [6, 6.07) is 8.11. The Bertz CT molecular complexity index is 436. The molecule has 0 aromatic heterocycles. The lowest BCUT2D eigenvalue weighted by molar-refractivity contribution is -0.129. The number of nitrogens with zero attached hydrogens (tertiary/aromatic N) is 1. The third-order valence-corrected chi connectivity index (χ3v) is 4.21. The van der Waals surface area contributed by atoms with Gasteiger partial charge in [-0.05, 0) is 24.0 Å². The van der Waals surface area contributed by atoms with Crippen molar-refractivity contribution in [3.8, 4) is 0 Å². The van der Waals surface area contributed by atoms with E-state index in [1.807, 2.05) is 11.2 Å². The largest absolute Gasteiger partial charge is 0.383 e. The number of benzene rings is 1. The molecule has 2 atom stereocenters. The van der Waals surface area contributed by atoms with Crippen molar-refractivity contribution in [1.82, 2.24) is 4.90 Å². The zero-order chi connectivity index (χ0) is 13.8. The molecule has 1 fully saturated rings. The zero-order valence-electron chi connectivity index (χ0n) is 11.3. The van der Waals surface area contributed by atoms with E-state index in [0.29, 0.717) is 19.6 Å². The van der Waals surface area contributed by atoms with Crippen molar-refractivity contribution in [2.75, 3.05) is 26.5 Å². The maximum absolute atomic E-state index is 12.0. The molecular weight excluding hydrogens is 260 g/mol. The van der Waals surface area contributed by atoms with Crippen LogP contribution in [0.2, 0.25) is 0 Å². The van der Waals surface area contributed by atoms with Gasteiger partial charge in [0.05, 0.1) is 12.6 Å². The van der Waals surface area contributed by atoms with Crippen molar-refractivity contribution in [3.63, 3.8) is 0 Å². The van der Waals surface area contributed by atoms with Gasteiger partial charge in [-0.3, -0.25) is 4.79 Å². The van der Waals surface area contributed by atoms with Crippen molar-refractivity contribution >= 4 is 17.7 Å². The van der Waals surface area contributed by atoms with E-state index in [1.54, 1.807) is 18.9 Å². The number of amides is 1. The molecule has 19 heavy (non-hydrogen) atoms. The molecule has 5 heteroatoms. The maximum Gasteiger partial charge on any atom is 0.224 e. The summed E-state index contributed by atoms with van der Waals surface area (Å²) in [6.07, 6.45) is 2.46. The predicted molar refractivity (Wildman–Crippen MR) is 77.1 cm³/mol. The number of rotatable bonds is 5. The van der Waals surface area contributed by atoms with E-state index in [9.17, 15) is 4.79 Å². The number of ether oxygens (including phenoxy) is 1. The van der Waals surface area contributed by atoms with Gasteiger partial charge in [-0.1, -0.05) is 12.1 Å². The molecule has 0 spiro atoms. The molecule has 2 N–H and O–H groups in total. The second-order valence-electron chi connectivity index (χ2n) is 4.67. The fourth-order valence-corrected chi connectivity index (χ4v) is 2.91. The molecule has 2 rings (SSSR count). The lowest BCUT2D eigenvalue weighted by Gasteiger charge is -2.27. The van der Waals surface area contributed by atoms with Gasteiger partial charge in [0.15, 0.2) is 0 Å². The van der Waals surface area contributed by atoms with E-state index in [2.05, 4.69) is 24.3 Å². The Kier molecular flexibility index (Phi) is 4.85. The second-order valence-corrected chi connectivity index (χ2v) is 5.55. The van der Waals surface area contributed by atoms with Gasteiger partial charge in [-0.2, -0.15) is 0 Å². The molecule has 0 saturated carbocycles. The molecule has 4 nitrogen and oxygen atoms in total. The molecule has 104 valence electrons. The van der Waals surface area contributed by atoms with Crippen LogP contribution in [0.15, 0.2) is 29.2 Å². The number of hydrogen-bond donors (Lipinski definition) is 1. The SMILES string of the molecule is COCCN1C(=O)CC(N)C1c1ccc(SC)cc1. The van der Waals surface area contributed by atoms with Crippen LogP contribution < -0.4 is 5.73 Å². The normalized spacial score (nSPS) is 23.1. The standard InChI is InChI=1S/C14H20N2O2S/c1-18-8-7-16-13(17)9-12(15)14(16)10-3-5-11(19-2)6-4-10/h3-6,12,14H,7-9,15H2,1-2H3. The number of likely N-dealkylation sites (tertiary alicyclic amines) is 1. The minimum atomic E-state index is -0.135. The van der Waals surface area contributed by atoms with Gasteiger partial charge in [0.1, 0.15) is 0 Å². The predicted octanol–water partition coefficient (Wildman–Crippen LogP) is 1.66. The van der Waals surface area contributed by atoms with Crippen LogP contribution >= 0.6 is 11.8 Å². The first-order chi connectivity index (χ1) is 9.17. The van der Waals surface area contributed by atoms with Crippen molar-refractivity contribution in [2.45, 2.75) is 23.4 Å². The lowest BCUT2D eigenvalue weighted by Crippen LogP contribution is -2.35. The van der Waals surface area contributed by atoms with Crippen LogP contribution in [0.5, 0.6) is 0 Å². The van der Waals surface area contributed by atoms with Gasteiger partial charge in [0, 0.05) is 31.0 Å². The Morgan fingerprint density at radius 2 is 2.11 bits per heavy atom. The van der Waals surface area contributed by atoms with E-state index in [4.69, 9.17) is 10.5 Å². The summed E-state index contributed by atoms with van der Waals surface area (Å²) < 4.78 is 5.07. The van der Waals surface area contributed by atoms with Crippen molar-refractivity contribution in [3.05, 3.63) is 29.8 Å². The van der Waals surface area contributed by atoms with Gasteiger partial charge >= 0.3 is 0 Å². The summed E-state index contributed by atoms with van der Waals surface area (Å²) >= 11 is 1.70. The topological polar surface area (TPSA) is 55.6 Å². The van der Waals surface area contributed by atoms with Crippen molar-refractivity contribution in [1.29, 1.82) is 0 Å². The third kappa shape index (κ3) is 3.11. The average Bonchev–Trinajstić information content (AvgIpc) is 2.71. The molecule has 1 aromatic rings. The molecule has 1 heterocycles. The summed E-state index contributed by atoms with van der Waals surface area (Å²) in [5.74, 6) is 0.114. The van der Waals surface area contributed by atoms with E-state index >= 15 is 0 Å². The molecule has 1 saturated heterocycles. The lowest BCUT2D eigenvalue weighted by atomic mass is 10.0. The van der Waals surface area contributed by atoms with Crippen LogP contribution in [0, 0.1) is 0 Å². The zero-order valence-corrected chi connectivity index (χ0v) is 12.2. The van der Waals surface area contributed by atoms with E-state index in [-0.39, 0.29) is 18.0 Å². The Labute approximate surface area is 118 Å². The maximum atomic E-state index is 12.0. The van der Waals surface area contributed by atoms with Gasteiger partial charge in [0.2, 0.25) is 5.91 Å². The summed E-state index contributed by atoms with van der Waals surface area (Å²) in [4.78, 5) is 15.0. The van der Waals surface area contributed by atoms with Crippen LogP contribution in [0.25, 0.3) is 0 Å². The number of methoxy groups -OCH3 is 1. The molecule has 0 aliphatic carbocycles. The summed E-state index contributed by atoms with van der Waals surface area (Å²) in [5.41, 5.74) is 7.23. The number of nitrogens with two attached hydrogens (primary N) is 1. The minimum absolute atomic E-state index is 0.0291. The Hall–Kier alpha value is -1.04. The summed E-state index contributed by atoms with van der Waals surface area (Å²) in [7, 11) is 1.64. The highest BCUT2D eigenvalue weighted by atomic mass is 32.2. The molecule has 2 unspecified atom stereocenters. The highest BCUT2D eigenvalue weighted by Crippen LogP contribution is 2.32. The Morgan fingerprint density at radius 1 is 1.42 bits per heavy atom. The minimum Gasteiger partial charge on any atom is -0.383 e. The Balaban J connectivity index is 2.20. The molecule has 0 radical (unpaired) electrons. The molecule has 1 amide bonds. The van der Waals surface area contributed by atoms with E-state index in [1.165, 1.54) is 4.90 Å². The monoisotopic (exact) mass is 280 g/mol. The highest BCUT2D eigenvalue weighted by molar-refractivity contribution is 7.98. The van der Waals surface area contributed by atoms with Gasteiger partial charge in [-0.15, -0.1) is 11.8 Å². The summed E-state index contributed by atoms with van der Waals surface area (Å²) in [5, 5.41) is 0. The average molecular weight is 280 g/mol. The molecule has 1 aliphatic heterocycles. The molecule has 0 bridgehead atoms. The van der Waals surface area contributed by atoms with Crippen LogP contribution in [-0.4, -0.2) is 43.4 Å². The van der Waals surface area contributed by atoms with Crippen LogP contribution in [0.4, 0.5) is 0 Å². The Morgan fingerprint density at radius 3 is 2.68 bits per heavy atom. The first-order valence-electron chi connectivity index (χ1n) is 6.35. The van der Waals surface area contributed by atoms with Gasteiger partial charge in [-0.25, -0.2) is 0 Å². The molecule has 1 aromatic carbocycles. The third-order valence-electron chi connectivity index (χ3n) is 3.47. The van der Waals surface area contributed by atoms with Crippen LogP contribution in [-0.2, 0) is 9.53 Å². The first-order valence-corrected chi connectivity index (χ1v) is 7.57. The molecule has 1 aliphatic rings. The van der Waals surface area contributed by atoms with Gasteiger partial charge < -0.3 is 15.4 Å². The number of hydrogen-bond acceptors (Lipinski definition) is 4. The number of carbonyl (C=O) groups is 1. The smallest absolute Gasteiger partial charge is 0.224 e. The second kappa shape index (κ2) is 6.41. The van der Waals surface area contributed by atoms with Crippen LogP contribution in [0.1, 0.15) is 18.0 Å². The van der Waals surface area contributed by atoms with E-state index in [0.717, 1.165) is 5.56 Å². The van der Waals surface area contributed by atoms with Crippen LogP contribution in [0.3, 0.4) is 0 Å². The fraction of sp³-hybridized carbons (Fsp3) is 0.500. The fourth-order valence-electron chi connectivity index (χ4n) is 2.50. The molecular formula is C14H20N2O2S. The highest BCUT2D eigenvalue weighted by Gasteiger charge is 2.38. The summed E-state index contributed by atoms with van der Waals surface area (Å²) in [6.45, 7) is 1.13. The quantitative estimate of drug-likeness (QED) is 0.833. The van der Waals surface area contributed by atoms with Gasteiger partial charge in [0.25, 0.3) is 0 Å². The van der Waals surface area contributed by atoms with E-state index < -0.39 is 0 Å². The van der Waals surface area contributed by atoms with Crippen molar-refractivity contribution in [2.24, 2.45) is 5.73 Å². The number of thioether (sulfide) groups is 1.